The number of oxime groups is 2. The van der Waals surface area contributed by atoms with Gasteiger partial charge in [-0.2, -0.15) is 0 Å². The monoisotopic (exact) mass is 504 g/mol. The van der Waals surface area contributed by atoms with Crippen molar-refractivity contribution in [2.45, 2.75) is 11.4 Å². The molecule has 1 aromatic rings. The van der Waals surface area contributed by atoms with Gasteiger partial charge < -0.3 is 26.6 Å². The molecule has 2 atom stereocenters. The number of aromatic nitrogens is 1. The Balaban J connectivity index is 1.79. The van der Waals surface area contributed by atoms with Gasteiger partial charge in [0.2, 0.25) is 0 Å². The number of carbonyl (C=O) groups excluding carboxylic acids is 2. The number of carboxylic acid groups (broad SMARTS) is 1. The van der Waals surface area contributed by atoms with Gasteiger partial charge >= 0.3 is 5.97 Å². The number of nitrogens with zero attached hydrogens (tertiary/aromatic N) is 4. The van der Waals surface area contributed by atoms with E-state index >= 15 is 0 Å². The van der Waals surface area contributed by atoms with E-state index in [2.05, 4.69) is 20.6 Å². The van der Waals surface area contributed by atoms with E-state index in [1.807, 2.05) is 0 Å². The molecule has 1 fully saturated rings. The third kappa shape index (κ3) is 4.53. The summed E-state index contributed by atoms with van der Waals surface area (Å²) in [6.45, 7) is 0. The van der Waals surface area contributed by atoms with Crippen LogP contribution in [0.5, 0.6) is 0 Å². The Morgan fingerprint density at radius 1 is 1.41 bits per heavy atom. The summed E-state index contributed by atoms with van der Waals surface area (Å²) in [5, 5.41) is 35.8. The van der Waals surface area contributed by atoms with Gasteiger partial charge in [0.1, 0.15) is 22.8 Å². The fraction of sp³-hybridized carbons (Fsp3) is 0.333. The van der Waals surface area contributed by atoms with E-state index in [1.165, 1.54) is 5.38 Å². The number of hydrogen-bond donors (Lipinski definition) is 5. The minimum atomic E-state index is -3.83. The number of nitrogens with two attached hydrogens (primary N) is 1. The number of carboxylic acids is 1. The number of aliphatic carboxylic acids is 1. The maximum atomic E-state index is 12.6. The molecule has 0 aliphatic carbocycles. The number of nitrogen functional groups attached to an aromatic ring is 1. The lowest BCUT2D eigenvalue weighted by Crippen LogP contribution is -2.71. The fourth-order valence-corrected chi connectivity index (χ4v) is 6.29. The summed E-state index contributed by atoms with van der Waals surface area (Å²) >= 11 is 2.07. The molecular weight excluding hydrogens is 488 g/mol. The highest BCUT2D eigenvalue weighted by Crippen LogP contribution is 2.40. The van der Waals surface area contributed by atoms with Crippen LogP contribution >= 0.6 is 23.1 Å². The zero-order valence-electron chi connectivity index (χ0n) is 15.9. The quantitative estimate of drug-likeness (QED) is 0.119. The van der Waals surface area contributed by atoms with Crippen LogP contribution in [0.15, 0.2) is 27.0 Å². The average molecular weight is 505 g/mol. The molecule has 0 bridgehead atoms. The van der Waals surface area contributed by atoms with Gasteiger partial charge in [0.15, 0.2) is 20.7 Å². The number of sulfone groups is 1. The number of anilines is 1. The van der Waals surface area contributed by atoms with E-state index in [1.54, 1.807) is 0 Å². The van der Waals surface area contributed by atoms with Gasteiger partial charge in [-0.3, -0.25) is 14.5 Å². The van der Waals surface area contributed by atoms with Crippen molar-refractivity contribution in [2.24, 2.45) is 10.3 Å². The molecule has 1 unspecified atom stereocenters. The van der Waals surface area contributed by atoms with Gasteiger partial charge in [0.25, 0.3) is 11.8 Å². The second-order valence-electron chi connectivity index (χ2n) is 6.49. The zero-order chi connectivity index (χ0) is 23.6. The van der Waals surface area contributed by atoms with E-state index in [0.29, 0.717) is 0 Å². The highest BCUT2D eigenvalue weighted by atomic mass is 32.2. The van der Waals surface area contributed by atoms with E-state index in [-0.39, 0.29) is 22.2 Å². The molecule has 0 radical (unpaired) electrons. The van der Waals surface area contributed by atoms with Crippen LogP contribution in [0, 0.1) is 0 Å². The number of amides is 2. The molecule has 0 saturated carbocycles. The van der Waals surface area contributed by atoms with E-state index in [0.717, 1.165) is 34.2 Å². The number of nitrogens with one attached hydrogen (secondary N) is 1. The highest BCUT2D eigenvalue weighted by Gasteiger charge is 2.54. The van der Waals surface area contributed by atoms with Gasteiger partial charge in [-0.25, -0.2) is 18.2 Å². The van der Waals surface area contributed by atoms with Crippen molar-refractivity contribution >= 4 is 67.8 Å². The van der Waals surface area contributed by atoms with Crippen molar-refractivity contribution in [3.63, 3.8) is 0 Å². The molecule has 14 nitrogen and oxygen atoms in total. The molecule has 3 rings (SSSR count). The molecule has 2 aliphatic rings. The van der Waals surface area contributed by atoms with Crippen LogP contribution in [-0.4, -0.2) is 92.2 Å². The third-order valence-corrected chi connectivity index (χ3v) is 7.88. The SMILES string of the molecule is Nc1nc(/C(=N/O)C(=O)NC2C(=O)N3C(C(=O)O)=C(CS(=O)(=O)CC=NO)CS[C@H]23)cs1. The van der Waals surface area contributed by atoms with E-state index in [4.69, 9.17) is 16.1 Å². The normalized spacial score (nSPS) is 21.4. The van der Waals surface area contributed by atoms with Crippen molar-refractivity contribution in [2.75, 3.05) is 23.0 Å². The van der Waals surface area contributed by atoms with Gasteiger partial charge in [0.05, 0.1) is 17.7 Å². The number of carbonyl (C=O) groups is 3. The molecule has 172 valence electrons. The van der Waals surface area contributed by atoms with Crippen molar-refractivity contribution in [3.8, 4) is 0 Å². The summed E-state index contributed by atoms with van der Waals surface area (Å²) in [6.07, 6.45) is 0.756. The van der Waals surface area contributed by atoms with Crippen LogP contribution < -0.4 is 11.1 Å². The summed E-state index contributed by atoms with van der Waals surface area (Å²) in [5.41, 5.74) is 4.54. The largest absolute Gasteiger partial charge is 0.477 e. The summed E-state index contributed by atoms with van der Waals surface area (Å²) < 4.78 is 24.2. The Hall–Kier alpha value is -3.18. The first-order valence-electron chi connectivity index (χ1n) is 8.60. The topological polar surface area (TPSA) is 225 Å². The van der Waals surface area contributed by atoms with Crippen LogP contribution in [0.3, 0.4) is 0 Å². The van der Waals surface area contributed by atoms with Gasteiger partial charge in [0, 0.05) is 11.1 Å². The van der Waals surface area contributed by atoms with Crippen LogP contribution in [0.4, 0.5) is 5.13 Å². The second kappa shape index (κ2) is 9.13. The number of thioether (sulfide) groups is 1. The highest BCUT2D eigenvalue weighted by molar-refractivity contribution is 8.00. The Kier molecular flexibility index (Phi) is 6.70. The first kappa shape index (κ1) is 23.5. The lowest BCUT2D eigenvalue weighted by molar-refractivity contribution is -0.150. The molecule has 1 aromatic heterocycles. The van der Waals surface area contributed by atoms with Crippen LogP contribution in [-0.2, 0) is 24.2 Å². The van der Waals surface area contributed by atoms with Crippen LogP contribution in [0.1, 0.15) is 5.69 Å². The standard InChI is InChI=1S/C15H16N6O8S3/c16-15-18-7(4-31-15)8(20-27)11(22)19-9-12(23)21-10(14(24)25)6(3-30-13(9)21)5-32(28,29)2-1-17-26/h1,4,9,13,26-27H,2-3,5H2,(H2,16,18)(H,19,22)(H,24,25)/b17-1?,20-8-/t9?,13-/m1/s1. The third-order valence-electron chi connectivity index (χ3n) is 4.42. The predicted octanol–water partition coefficient (Wildman–Crippen LogP) is -1.48. The fourth-order valence-electron chi connectivity index (χ4n) is 3.08. The maximum absolute atomic E-state index is 12.6. The first-order chi connectivity index (χ1) is 15.1. The van der Waals surface area contributed by atoms with Crippen LogP contribution in [0.2, 0.25) is 0 Å². The van der Waals surface area contributed by atoms with Gasteiger partial charge in [-0.1, -0.05) is 5.16 Å². The summed E-state index contributed by atoms with van der Waals surface area (Å²) in [7, 11) is -3.83. The molecule has 32 heavy (non-hydrogen) atoms. The minimum Gasteiger partial charge on any atom is -0.477 e. The Labute approximate surface area is 188 Å². The predicted molar refractivity (Wildman–Crippen MR) is 113 cm³/mol. The summed E-state index contributed by atoms with van der Waals surface area (Å²) in [5.74, 6) is -4.46. The van der Waals surface area contributed by atoms with Crippen LogP contribution in [0.25, 0.3) is 0 Å². The maximum Gasteiger partial charge on any atom is 0.352 e. The zero-order valence-corrected chi connectivity index (χ0v) is 18.4. The van der Waals surface area contributed by atoms with Crippen molar-refractivity contribution in [1.29, 1.82) is 0 Å². The number of rotatable bonds is 8. The van der Waals surface area contributed by atoms with Gasteiger partial charge in [-0.05, 0) is 5.57 Å². The number of hydrogen-bond acceptors (Lipinski definition) is 13. The smallest absolute Gasteiger partial charge is 0.352 e. The van der Waals surface area contributed by atoms with Gasteiger partial charge in [-0.15, -0.1) is 28.3 Å². The molecule has 0 aromatic carbocycles. The molecule has 0 spiro atoms. The molecule has 2 amide bonds. The Morgan fingerprint density at radius 2 is 2.12 bits per heavy atom. The Morgan fingerprint density at radius 3 is 2.69 bits per heavy atom. The molecule has 6 N–H and O–H groups in total. The Bertz CT molecular complexity index is 1160. The van der Waals surface area contributed by atoms with E-state index in [9.17, 15) is 27.9 Å². The van der Waals surface area contributed by atoms with Crippen molar-refractivity contribution < 1.29 is 38.3 Å². The number of β-lactam (4-membered cyclic amide) rings is 1. The van der Waals surface area contributed by atoms with Crippen molar-refractivity contribution in [1.82, 2.24) is 15.2 Å². The molecule has 2 aliphatic heterocycles. The summed E-state index contributed by atoms with van der Waals surface area (Å²) in [6, 6.07) is -1.13. The molecule has 17 heteroatoms. The number of thiazole rings is 1. The van der Waals surface area contributed by atoms with Crippen molar-refractivity contribution in [3.05, 3.63) is 22.3 Å². The summed E-state index contributed by atoms with van der Waals surface area (Å²) in [4.78, 5) is 41.6. The molecule has 1 saturated heterocycles. The lowest BCUT2D eigenvalue weighted by Gasteiger charge is -2.49. The first-order valence-corrected chi connectivity index (χ1v) is 12.3. The second-order valence-corrected chi connectivity index (χ2v) is 10.6. The lowest BCUT2D eigenvalue weighted by atomic mass is 10.0. The minimum absolute atomic E-state index is 0.00113. The molecular formula is C15H16N6O8S3. The van der Waals surface area contributed by atoms with E-state index < -0.39 is 62.0 Å². The molecule has 3 heterocycles. The number of fused-ring (bicyclic) bond motifs is 1. The average Bonchev–Trinajstić information content (AvgIpc) is 3.16.